The fraction of sp³-hybridized carbons (Fsp3) is 1.00. The third-order valence-corrected chi connectivity index (χ3v) is 3.48. The quantitative estimate of drug-likeness (QED) is 0.510. The van der Waals surface area contributed by atoms with Crippen molar-refractivity contribution in [1.29, 1.82) is 0 Å². The molecule has 0 aliphatic carbocycles. The summed E-state index contributed by atoms with van der Waals surface area (Å²) in [5.74, 6) is 1.85. The molecule has 92 valence electrons. The molecule has 0 rings (SSSR count). The van der Waals surface area contributed by atoms with Crippen molar-refractivity contribution >= 4 is 0 Å². The first kappa shape index (κ1) is 15.0. The minimum absolute atomic E-state index is 0.519. The lowest BCUT2D eigenvalue weighted by Crippen LogP contribution is -2.07. The summed E-state index contributed by atoms with van der Waals surface area (Å²) in [4.78, 5) is 0. The summed E-state index contributed by atoms with van der Waals surface area (Å²) >= 11 is 0. The maximum absolute atomic E-state index is 2.42. The maximum Gasteiger partial charge on any atom is -0.0383 e. The van der Waals surface area contributed by atoms with Crippen LogP contribution < -0.4 is 0 Å². The molecule has 0 aromatic rings. The molecule has 0 radical (unpaired) electrons. The molecule has 0 saturated heterocycles. The molecule has 0 aromatic carbocycles. The molecule has 0 fully saturated rings. The zero-order chi connectivity index (χ0) is 11.9. The minimum Gasteiger partial charge on any atom is -0.0651 e. The topological polar surface area (TPSA) is 0 Å². The van der Waals surface area contributed by atoms with Crippen LogP contribution in [0.5, 0.6) is 0 Å². The van der Waals surface area contributed by atoms with Gasteiger partial charge in [-0.1, -0.05) is 73.6 Å². The monoisotopic (exact) mass is 212 g/mol. The second kappa shape index (κ2) is 7.30. The summed E-state index contributed by atoms with van der Waals surface area (Å²) < 4.78 is 0. The largest absolute Gasteiger partial charge is 0.0651 e. The fourth-order valence-corrected chi connectivity index (χ4v) is 1.84. The fourth-order valence-electron chi connectivity index (χ4n) is 1.84. The van der Waals surface area contributed by atoms with Gasteiger partial charge in [0.05, 0.1) is 0 Å². The molecule has 0 spiro atoms. The van der Waals surface area contributed by atoms with E-state index in [1.807, 2.05) is 0 Å². The summed E-state index contributed by atoms with van der Waals surface area (Å²) in [6, 6.07) is 0. The first-order chi connectivity index (χ1) is 6.85. The molecule has 0 aromatic heterocycles. The number of hydrogen-bond acceptors (Lipinski definition) is 0. The summed E-state index contributed by atoms with van der Waals surface area (Å²) in [6.07, 6.45) is 8.41. The highest BCUT2D eigenvalue weighted by Crippen LogP contribution is 2.26. The summed E-state index contributed by atoms with van der Waals surface area (Å²) in [5.41, 5.74) is 0.519. The summed E-state index contributed by atoms with van der Waals surface area (Å²) in [5, 5.41) is 0. The van der Waals surface area contributed by atoms with Crippen molar-refractivity contribution in [3.63, 3.8) is 0 Å². The summed E-state index contributed by atoms with van der Waals surface area (Å²) in [7, 11) is 0. The molecule has 0 aliphatic rings. The van der Waals surface area contributed by atoms with Gasteiger partial charge in [-0.15, -0.1) is 0 Å². The Balaban J connectivity index is 3.45. The smallest absolute Gasteiger partial charge is 0.0383 e. The van der Waals surface area contributed by atoms with E-state index in [0.717, 1.165) is 11.8 Å². The molecule has 0 aliphatic heterocycles. The van der Waals surface area contributed by atoms with Crippen LogP contribution >= 0.6 is 0 Å². The average Bonchev–Trinajstić information content (AvgIpc) is 2.13. The molecule has 2 unspecified atom stereocenters. The van der Waals surface area contributed by atoms with Gasteiger partial charge in [-0.3, -0.25) is 0 Å². The molecular formula is C15H32. The van der Waals surface area contributed by atoms with Crippen LogP contribution in [0.4, 0.5) is 0 Å². The number of hydrogen-bond donors (Lipinski definition) is 0. The van der Waals surface area contributed by atoms with Crippen LogP contribution in [0.25, 0.3) is 0 Å². The van der Waals surface area contributed by atoms with Gasteiger partial charge in [-0.25, -0.2) is 0 Å². The number of rotatable bonds is 7. The van der Waals surface area contributed by atoms with Crippen LogP contribution in [-0.4, -0.2) is 0 Å². The Morgan fingerprint density at radius 3 is 1.87 bits per heavy atom. The second-order valence-corrected chi connectivity index (χ2v) is 6.65. The molecule has 0 heteroatoms. The van der Waals surface area contributed by atoms with Gasteiger partial charge in [0.15, 0.2) is 0 Å². The lowest BCUT2D eigenvalue weighted by Gasteiger charge is -2.21. The molecule has 0 heterocycles. The van der Waals surface area contributed by atoms with E-state index < -0.39 is 0 Å². The van der Waals surface area contributed by atoms with Gasteiger partial charge >= 0.3 is 0 Å². The Labute approximate surface area is 97.8 Å². The van der Waals surface area contributed by atoms with E-state index in [9.17, 15) is 0 Å². The van der Waals surface area contributed by atoms with E-state index in [2.05, 4.69) is 41.5 Å². The Kier molecular flexibility index (Phi) is 7.30. The highest BCUT2D eigenvalue weighted by Gasteiger charge is 2.12. The third kappa shape index (κ3) is 10.3. The van der Waals surface area contributed by atoms with E-state index in [4.69, 9.17) is 0 Å². The molecule has 0 amide bonds. The Morgan fingerprint density at radius 1 is 0.867 bits per heavy atom. The van der Waals surface area contributed by atoms with Gasteiger partial charge in [0.2, 0.25) is 0 Å². The Bertz CT molecular complexity index is 141. The SMILES string of the molecule is CCC(C)CCCC(C)CCC(C)(C)C. The Hall–Kier alpha value is 0. The van der Waals surface area contributed by atoms with Crippen molar-refractivity contribution in [2.24, 2.45) is 17.3 Å². The van der Waals surface area contributed by atoms with Crippen molar-refractivity contribution in [2.45, 2.75) is 80.1 Å². The maximum atomic E-state index is 2.42. The zero-order valence-corrected chi connectivity index (χ0v) is 11.9. The van der Waals surface area contributed by atoms with Crippen molar-refractivity contribution in [3.05, 3.63) is 0 Å². The highest BCUT2D eigenvalue weighted by molar-refractivity contribution is 4.64. The van der Waals surface area contributed by atoms with Crippen LogP contribution in [0.3, 0.4) is 0 Å². The lowest BCUT2D eigenvalue weighted by molar-refractivity contribution is 0.315. The van der Waals surface area contributed by atoms with E-state index in [-0.39, 0.29) is 0 Å². The third-order valence-electron chi connectivity index (χ3n) is 3.48. The van der Waals surface area contributed by atoms with Gasteiger partial charge in [-0.05, 0) is 23.7 Å². The predicted octanol–water partition coefficient (Wildman–Crippen LogP) is 5.67. The van der Waals surface area contributed by atoms with Crippen molar-refractivity contribution in [1.82, 2.24) is 0 Å². The van der Waals surface area contributed by atoms with Gasteiger partial charge in [0, 0.05) is 0 Å². The first-order valence-corrected chi connectivity index (χ1v) is 6.85. The van der Waals surface area contributed by atoms with Crippen molar-refractivity contribution < 1.29 is 0 Å². The normalized spacial score (nSPS) is 16.4. The molecular weight excluding hydrogens is 180 g/mol. The van der Waals surface area contributed by atoms with Crippen LogP contribution in [-0.2, 0) is 0 Å². The van der Waals surface area contributed by atoms with Crippen molar-refractivity contribution in [2.75, 3.05) is 0 Å². The van der Waals surface area contributed by atoms with Gasteiger partial charge in [0.1, 0.15) is 0 Å². The van der Waals surface area contributed by atoms with Gasteiger partial charge in [-0.2, -0.15) is 0 Å². The highest BCUT2D eigenvalue weighted by atomic mass is 14.2. The summed E-state index contributed by atoms with van der Waals surface area (Å²) in [6.45, 7) is 14.1. The van der Waals surface area contributed by atoms with Crippen molar-refractivity contribution in [3.8, 4) is 0 Å². The van der Waals surface area contributed by atoms with E-state index in [0.29, 0.717) is 5.41 Å². The van der Waals surface area contributed by atoms with Crippen LogP contribution in [0.15, 0.2) is 0 Å². The molecule has 0 bridgehead atoms. The van der Waals surface area contributed by atoms with Gasteiger partial charge < -0.3 is 0 Å². The molecule has 2 atom stereocenters. The predicted molar refractivity (Wildman–Crippen MR) is 71.2 cm³/mol. The average molecular weight is 212 g/mol. The zero-order valence-electron chi connectivity index (χ0n) is 11.9. The minimum atomic E-state index is 0.519. The van der Waals surface area contributed by atoms with Gasteiger partial charge in [0.25, 0.3) is 0 Å². The standard InChI is InChI=1S/C15H32/c1-7-13(2)9-8-10-14(3)11-12-15(4,5)6/h13-14H,7-12H2,1-6H3. The molecule has 15 heavy (non-hydrogen) atoms. The van der Waals surface area contributed by atoms with Crippen LogP contribution in [0, 0.1) is 17.3 Å². The first-order valence-electron chi connectivity index (χ1n) is 6.85. The Morgan fingerprint density at radius 2 is 1.40 bits per heavy atom. The van der Waals surface area contributed by atoms with E-state index >= 15 is 0 Å². The lowest BCUT2D eigenvalue weighted by atomic mass is 9.85. The molecule has 0 nitrogen and oxygen atoms in total. The van der Waals surface area contributed by atoms with Crippen LogP contribution in [0.2, 0.25) is 0 Å². The van der Waals surface area contributed by atoms with Crippen LogP contribution in [0.1, 0.15) is 80.1 Å². The molecule has 0 saturated carbocycles. The second-order valence-electron chi connectivity index (χ2n) is 6.65. The van der Waals surface area contributed by atoms with E-state index in [1.165, 1.54) is 38.5 Å². The van der Waals surface area contributed by atoms with E-state index in [1.54, 1.807) is 0 Å². The molecule has 0 N–H and O–H groups in total.